The van der Waals surface area contributed by atoms with Crippen LogP contribution in [0.1, 0.15) is 39.2 Å². The molecule has 4 heterocycles. The van der Waals surface area contributed by atoms with E-state index in [1.165, 1.54) is 12.1 Å². The number of carboxylic acid groups (broad SMARTS) is 1. The standard InChI is InChI=1S/C27H36FN5O2/c1-26(2,3)27(11-14-33(27)25(34)35)19-31-13-10-22-18-30(17-20-6-8-21(28)9-7-20)15-16-32(22)24-23(31)5-4-12-29-24/h4-9,12,22H,10-11,13-19H2,1-3H3,(H,34,35)/t22?,27-/m1/s1. The van der Waals surface area contributed by atoms with Crippen LogP contribution in [0.4, 0.5) is 20.7 Å². The zero-order chi connectivity index (χ0) is 24.8. The molecule has 1 unspecified atom stereocenters. The molecule has 35 heavy (non-hydrogen) atoms. The molecule has 1 N–H and O–H groups in total. The van der Waals surface area contributed by atoms with Crippen molar-refractivity contribution in [1.82, 2.24) is 14.8 Å². The van der Waals surface area contributed by atoms with Crippen LogP contribution in [-0.4, -0.2) is 76.8 Å². The van der Waals surface area contributed by atoms with Crippen molar-refractivity contribution in [3.05, 3.63) is 54.0 Å². The van der Waals surface area contributed by atoms with Crippen LogP contribution in [0.25, 0.3) is 0 Å². The molecule has 5 rings (SSSR count). The number of rotatable bonds is 4. The number of benzene rings is 1. The maximum absolute atomic E-state index is 13.3. The average Bonchev–Trinajstić information content (AvgIpc) is 2.93. The van der Waals surface area contributed by atoms with Gasteiger partial charge in [0.05, 0.1) is 11.2 Å². The van der Waals surface area contributed by atoms with E-state index in [9.17, 15) is 14.3 Å². The third-order valence-corrected chi connectivity index (χ3v) is 8.34. The molecule has 0 spiro atoms. The summed E-state index contributed by atoms with van der Waals surface area (Å²) in [5.41, 5.74) is 1.62. The molecule has 2 aromatic rings. The van der Waals surface area contributed by atoms with Crippen molar-refractivity contribution in [2.75, 3.05) is 49.1 Å². The smallest absolute Gasteiger partial charge is 0.407 e. The van der Waals surface area contributed by atoms with Crippen molar-refractivity contribution in [2.45, 2.75) is 51.7 Å². The van der Waals surface area contributed by atoms with Gasteiger partial charge in [0, 0.05) is 58.1 Å². The monoisotopic (exact) mass is 481 g/mol. The van der Waals surface area contributed by atoms with Gasteiger partial charge in [-0.2, -0.15) is 0 Å². The molecule has 0 radical (unpaired) electrons. The van der Waals surface area contributed by atoms with Gasteiger partial charge in [-0.3, -0.25) is 4.90 Å². The zero-order valence-electron chi connectivity index (χ0n) is 21.0. The van der Waals surface area contributed by atoms with Crippen LogP contribution in [0.5, 0.6) is 0 Å². The fourth-order valence-electron chi connectivity index (χ4n) is 6.15. The van der Waals surface area contributed by atoms with Gasteiger partial charge in [-0.1, -0.05) is 32.9 Å². The van der Waals surface area contributed by atoms with Gasteiger partial charge in [0.1, 0.15) is 5.82 Å². The number of likely N-dealkylation sites (tertiary alicyclic amines) is 1. The maximum atomic E-state index is 13.3. The van der Waals surface area contributed by atoms with E-state index in [1.54, 1.807) is 4.90 Å². The van der Waals surface area contributed by atoms with Crippen molar-refractivity contribution >= 4 is 17.6 Å². The molecule has 188 valence electrons. The highest BCUT2D eigenvalue weighted by Gasteiger charge is 2.56. The summed E-state index contributed by atoms with van der Waals surface area (Å²) in [6, 6.07) is 11.2. The lowest BCUT2D eigenvalue weighted by Crippen LogP contribution is -2.72. The van der Waals surface area contributed by atoms with Crippen LogP contribution >= 0.6 is 0 Å². The number of hydrogen-bond donors (Lipinski definition) is 1. The predicted molar refractivity (Wildman–Crippen MR) is 135 cm³/mol. The molecular weight excluding hydrogens is 445 g/mol. The molecule has 0 aliphatic carbocycles. The van der Waals surface area contributed by atoms with Gasteiger partial charge in [-0.15, -0.1) is 0 Å². The SMILES string of the molecule is CC(C)(C)[C@]1(CN2CCC3CN(Cc4ccc(F)cc4)CCN3c3ncccc32)CCN1C(=O)O. The first-order valence-electron chi connectivity index (χ1n) is 12.6. The van der Waals surface area contributed by atoms with E-state index in [1.807, 2.05) is 24.4 Å². The first-order chi connectivity index (χ1) is 16.7. The van der Waals surface area contributed by atoms with Gasteiger partial charge < -0.3 is 19.8 Å². The summed E-state index contributed by atoms with van der Waals surface area (Å²) in [6.07, 6.45) is 2.87. The Bertz CT molecular complexity index is 1070. The Labute approximate surface area is 207 Å². The third kappa shape index (κ3) is 4.33. The second-order valence-corrected chi connectivity index (χ2v) is 11.2. The summed E-state index contributed by atoms with van der Waals surface area (Å²) in [7, 11) is 0. The van der Waals surface area contributed by atoms with E-state index in [0.29, 0.717) is 19.1 Å². The van der Waals surface area contributed by atoms with Crippen LogP contribution in [0.2, 0.25) is 0 Å². The number of anilines is 2. The first-order valence-corrected chi connectivity index (χ1v) is 12.6. The Balaban J connectivity index is 1.38. The predicted octanol–water partition coefficient (Wildman–Crippen LogP) is 4.29. The van der Waals surface area contributed by atoms with Crippen LogP contribution in [0.15, 0.2) is 42.6 Å². The van der Waals surface area contributed by atoms with Gasteiger partial charge in [0.15, 0.2) is 5.82 Å². The van der Waals surface area contributed by atoms with E-state index < -0.39 is 11.6 Å². The number of halogens is 1. The van der Waals surface area contributed by atoms with E-state index in [-0.39, 0.29) is 11.2 Å². The zero-order valence-corrected chi connectivity index (χ0v) is 21.0. The van der Waals surface area contributed by atoms with Gasteiger partial charge >= 0.3 is 6.09 Å². The minimum absolute atomic E-state index is 0.183. The average molecular weight is 482 g/mol. The topological polar surface area (TPSA) is 63.2 Å². The van der Waals surface area contributed by atoms with Gasteiger partial charge in [-0.05, 0) is 48.1 Å². The number of nitrogens with zero attached hydrogens (tertiary/aromatic N) is 5. The minimum atomic E-state index is -0.832. The first kappa shape index (κ1) is 23.9. The normalized spacial score (nSPS) is 24.9. The van der Waals surface area contributed by atoms with Gasteiger partial charge in [0.2, 0.25) is 0 Å². The second-order valence-electron chi connectivity index (χ2n) is 11.2. The minimum Gasteiger partial charge on any atom is -0.465 e. The molecule has 1 aromatic carbocycles. The quantitative estimate of drug-likeness (QED) is 0.703. The van der Waals surface area contributed by atoms with Crippen molar-refractivity contribution in [3.63, 3.8) is 0 Å². The third-order valence-electron chi connectivity index (χ3n) is 8.34. The number of amides is 1. The number of aromatic nitrogens is 1. The molecular formula is C27H36FN5O2. The van der Waals surface area contributed by atoms with E-state index in [4.69, 9.17) is 4.98 Å². The molecule has 3 aliphatic rings. The molecule has 0 bridgehead atoms. The largest absolute Gasteiger partial charge is 0.465 e. The van der Waals surface area contributed by atoms with Gasteiger partial charge in [0.25, 0.3) is 0 Å². The Kier molecular flexibility index (Phi) is 6.11. The van der Waals surface area contributed by atoms with Gasteiger partial charge in [-0.25, -0.2) is 14.2 Å². The summed E-state index contributed by atoms with van der Waals surface area (Å²) < 4.78 is 13.3. The van der Waals surface area contributed by atoms with E-state index in [2.05, 4.69) is 41.5 Å². The van der Waals surface area contributed by atoms with E-state index >= 15 is 0 Å². The Morgan fingerprint density at radius 2 is 1.91 bits per heavy atom. The van der Waals surface area contributed by atoms with Crippen molar-refractivity contribution < 1.29 is 14.3 Å². The molecule has 0 saturated carbocycles. The van der Waals surface area contributed by atoms with Crippen LogP contribution in [-0.2, 0) is 6.54 Å². The summed E-state index contributed by atoms with van der Waals surface area (Å²) in [5.74, 6) is 0.799. The lowest BCUT2D eigenvalue weighted by atomic mass is 9.65. The summed E-state index contributed by atoms with van der Waals surface area (Å²) in [6.45, 7) is 12.1. The molecule has 1 amide bonds. The molecule has 2 fully saturated rings. The number of hydrogen-bond acceptors (Lipinski definition) is 5. The highest BCUT2D eigenvalue weighted by Crippen LogP contribution is 2.47. The molecule has 2 saturated heterocycles. The fraction of sp³-hybridized carbons (Fsp3) is 0.556. The van der Waals surface area contributed by atoms with Crippen molar-refractivity contribution in [1.29, 1.82) is 0 Å². The number of piperazine rings is 1. The van der Waals surface area contributed by atoms with Crippen LogP contribution in [0, 0.1) is 11.2 Å². The lowest BCUT2D eigenvalue weighted by molar-refractivity contribution is -0.0661. The summed E-state index contributed by atoms with van der Waals surface area (Å²) in [4.78, 5) is 25.8. The number of pyridine rings is 1. The lowest BCUT2D eigenvalue weighted by Gasteiger charge is -2.60. The highest BCUT2D eigenvalue weighted by molar-refractivity contribution is 5.71. The molecule has 8 heteroatoms. The van der Waals surface area contributed by atoms with Crippen molar-refractivity contribution in [3.8, 4) is 0 Å². The summed E-state index contributed by atoms with van der Waals surface area (Å²) >= 11 is 0. The fourth-order valence-corrected chi connectivity index (χ4v) is 6.15. The van der Waals surface area contributed by atoms with Crippen molar-refractivity contribution in [2.24, 2.45) is 5.41 Å². The van der Waals surface area contributed by atoms with Crippen LogP contribution in [0.3, 0.4) is 0 Å². The van der Waals surface area contributed by atoms with Crippen LogP contribution < -0.4 is 9.80 Å². The Hall–Kier alpha value is -2.87. The Morgan fingerprint density at radius 3 is 2.57 bits per heavy atom. The van der Waals surface area contributed by atoms with E-state index in [0.717, 1.165) is 62.6 Å². The molecule has 3 aliphatic heterocycles. The second kappa shape index (κ2) is 8.97. The maximum Gasteiger partial charge on any atom is 0.407 e. The number of fused-ring (bicyclic) bond motifs is 3. The molecule has 2 atom stereocenters. The Morgan fingerprint density at radius 1 is 1.14 bits per heavy atom. The molecule has 7 nitrogen and oxygen atoms in total. The highest BCUT2D eigenvalue weighted by atomic mass is 19.1. The number of carbonyl (C=O) groups is 1. The summed E-state index contributed by atoms with van der Waals surface area (Å²) in [5, 5.41) is 9.91. The molecule has 1 aromatic heterocycles.